The number of benzene rings is 2. The van der Waals surface area contributed by atoms with Crippen LogP contribution in [0.3, 0.4) is 0 Å². The number of hydrogen-bond acceptors (Lipinski definition) is 5. The van der Waals surface area contributed by atoms with E-state index in [1.54, 1.807) is 31.2 Å². The average molecular weight is 437 g/mol. The fourth-order valence-corrected chi connectivity index (χ4v) is 2.36. The van der Waals surface area contributed by atoms with Gasteiger partial charge in [-0.25, -0.2) is 14.3 Å². The van der Waals surface area contributed by atoms with Crippen LogP contribution in [0.4, 0.5) is 19.0 Å². The van der Waals surface area contributed by atoms with E-state index in [1.165, 1.54) is 22.9 Å². The van der Waals surface area contributed by atoms with Crippen LogP contribution in [0.2, 0.25) is 0 Å². The smallest absolute Gasteiger partial charge is 0.422 e. The molecular formula is C20H18F3N3O5. The van der Waals surface area contributed by atoms with Crippen LogP contribution in [-0.2, 0) is 0 Å². The van der Waals surface area contributed by atoms with Gasteiger partial charge >= 0.3 is 18.1 Å². The van der Waals surface area contributed by atoms with Gasteiger partial charge in [-0.2, -0.15) is 13.2 Å². The lowest BCUT2D eigenvalue weighted by molar-refractivity contribution is -0.154. The van der Waals surface area contributed by atoms with Crippen molar-refractivity contribution in [2.75, 3.05) is 12.3 Å². The molecule has 0 aliphatic carbocycles. The Kier molecular flexibility index (Phi) is 7.24. The second kappa shape index (κ2) is 9.65. The van der Waals surface area contributed by atoms with Crippen LogP contribution in [0.5, 0.6) is 5.88 Å². The SMILES string of the molecule is Cc1ccc(C(=O)O)cc1C(=O)O.Nc1cc(OCC(F)(F)F)nn1-c1ccccc1. The van der Waals surface area contributed by atoms with Crippen LogP contribution in [0, 0.1) is 6.92 Å². The Balaban J connectivity index is 0.000000233. The molecule has 4 N–H and O–H groups in total. The number of carboxylic acid groups (broad SMARTS) is 2. The van der Waals surface area contributed by atoms with E-state index >= 15 is 0 Å². The maximum absolute atomic E-state index is 12.0. The Morgan fingerprint density at radius 1 is 1.06 bits per heavy atom. The number of para-hydroxylation sites is 1. The third-order valence-corrected chi connectivity index (χ3v) is 3.81. The summed E-state index contributed by atoms with van der Waals surface area (Å²) in [6, 6.07) is 14.1. The fraction of sp³-hybridized carbons (Fsp3) is 0.150. The van der Waals surface area contributed by atoms with Crippen LogP contribution in [0.25, 0.3) is 5.69 Å². The van der Waals surface area contributed by atoms with Gasteiger partial charge in [0.1, 0.15) is 5.82 Å². The molecule has 0 aliphatic rings. The lowest BCUT2D eigenvalue weighted by Gasteiger charge is -2.06. The molecule has 3 rings (SSSR count). The lowest BCUT2D eigenvalue weighted by Crippen LogP contribution is -2.19. The number of ether oxygens (including phenoxy) is 1. The molecule has 3 aromatic rings. The first-order valence-electron chi connectivity index (χ1n) is 8.65. The van der Waals surface area contributed by atoms with Crippen molar-refractivity contribution in [1.82, 2.24) is 9.78 Å². The molecular weight excluding hydrogens is 419 g/mol. The summed E-state index contributed by atoms with van der Waals surface area (Å²) in [6.45, 7) is 0.229. The summed E-state index contributed by atoms with van der Waals surface area (Å²) in [7, 11) is 0. The van der Waals surface area contributed by atoms with E-state index in [1.807, 2.05) is 6.07 Å². The average Bonchev–Trinajstić information content (AvgIpc) is 3.08. The molecule has 0 aliphatic heterocycles. The van der Waals surface area contributed by atoms with Gasteiger partial charge in [-0.3, -0.25) is 0 Å². The van der Waals surface area contributed by atoms with Crippen molar-refractivity contribution in [3.05, 3.63) is 71.3 Å². The second-order valence-corrected chi connectivity index (χ2v) is 6.20. The highest BCUT2D eigenvalue weighted by Gasteiger charge is 2.29. The summed E-state index contributed by atoms with van der Waals surface area (Å²) in [5.74, 6) is -2.19. The lowest BCUT2D eigenvalue weighted by atomic mass is 10.1. The van der Waals surface area contributed by atoms with Crippen LogP contribution >= 0.6 is 0 Å². The molecule has 0 unspecified atom stereocenters. The molecule has 164 valence electrons. The molecule has 0 amide bonds. The predicted octanol–water partition coefficient (Wildman–Crippen LogP) is 3.79. The van der Waals surface area contributed by atoms with Gasteiger partial charge < -0.3 is 20.7 Å². The first-order chi connectivity index (χ1) is 14.5. The maximum atomic E-state index is 12.0. The van der Waals surface area contributed by atoms with Gasteiger partial charge in [0.05, 0.1) is 16.8 Å². The van der Waals surface area contributed by atoms with Crippen molar-refractivity contribution in [3.63, 3.8) is 0 Å². The topological polar surface area (TPSA) is 128 Å². The molecule has 1 aromatic heterocycles. The molecule has 0 bridgehead atoms. The molecule has 0 fully saturated rings. The Bertz CT molecular complexity index is 1070. The number of nitrogens with zero attached hydrogens (tertiary/aromatic N) is 2. The molecule has 8 nitrogen and oxygen atoms in total. The van der Waals surface area contributed by atoms with E-state index in [2.05, 4.69) is 9.84 Å². The number of aryl methyl sites for hydroxylation is 1. The molecule has 31 heavy (non-hydrogen) atoms. The number of aromatic nitrogens is 2. The van der Waals surface area contributed by atoms with Crippen molar-refractivity contribution in [3.8, 4) is 11.6 Å². The predicted molar refractivity (Wildman–Crippen MR) is 105 cm³/mol. The number of hydrogen-bond donors (Lipinski definition) is 3. The quantitative estimate of drug-likeness (QED) is 0.554. The monoisotopic (exact) mass is 437 g/mol. The standard InChI is InChI=1S/C11H10F3N3O.C9H8O4/c12-11(13,14)7-18-10-6-9(15)17(16-10)8-4-2-1-3-5-8;1-5-2-3-6(8(10)11)4-7(5)9(12)13/h1-6H,7,15H2;2-4H,1H3,(H,10,11)(H,12,13). The number of aromatic carboxylic acids is 2. The van der Waals surface area contributed by atoms with Gasteiger partial charge in [-0.05, 0) is 36.8 Å². The highest BCUT2D eigenvalue weighted by atomic mass is 19.4. The van der Waals surface area contributed by atoms with Crippen LogP contribution in [0.1, 0.15) is 26.3 Å². The Morgan fingerprint density at radius 3 is 2.26 bits per heavy atom. The third kappa shape index (κ3) is 6.77. The number of anilines is 1. The normalized spacial score (nSPS) is 10.7. The minimum absolute atomic E-state index is 0.0111. The molecule has 0 saturated carbocycles. The number of nitrogens with two attached hydrogens (primary N) is 1. The van der Waals surface area contributed by atoms with Gasteiger partial charge in [-0.15, -0.1) is 5.10 Å². The van der Waals surface area contributed by atoms with Gasteiger partial charge in [0, 0.05) is 6.07 Å². The highest BCUT2D eigenvalue weighted by Crippen LogP contribution is 2.21. The Morgan fingerprint density at radius 2 is 1.71 bits per heavy atom. The molecule has 0 spiro atoms. The fourth-order valence-electron chi connectivity index (χ4n) is 2.36. The van der Waals surface area contributed by atoms with Gasteiger partial charge in [0.15, 0.2) is 6.61 Å². The third-order valence-electron chi connectivity index (χ3n) is 3.81. The first kappa shape index (κ1) is 23.3. The molecule has 0 saturated heterocycles. The van der Waals surface area contributed by atoms with E-state index < -0.39 is 24.7 Å². The number of carbonyl (C=O) groups is 2. The van der Waals surface area contributed by atoms with Crippen LogP contribution in [0.15, 0.2) is 54.6 Å². The van der Waals surface area contributed by atoms with Crippen molar-refractivity contribution >= 4 is 17.8 Å². The molecule has 11 heteroatoms. The summed E-state index contributed by atoms with van der Waals surface area (Å²) < 4.78 is 41.8. The van der Waals surface area contributed by atoms with Gasteiger partial charge in [0.25, 0.3) is 0 Å². The van der Waals surface area contributed by atoms with Crippen LogP contribution in [-0.4, -0.2) is 44.7 Å². The summed E-state index contributed by atoms with van der Waals surface area (Å²) in [4.78, 5) is 21.1. The Labute approximate surface area is 174 Å². The molecule has 0 radical (unpaired) electrons. The highest BCUT2D eigenvalue weighted by molar-refractivity contribution is 5.94. The van der Waals surface area contributed by atoms with E-state index in [-0.39, 0.29) is 22.8 Å². The molecule has 0 atom stereocenters. The second-order valence-electron chi connectivity index (χ2n) is 6.20. The van der Waals surface area contributed by atoms with E-state index in [0.29, 0.717) is 11.3 Å². The van der Waals surface area contributed by atoms with E-state index in [4.69, 9.17) is 15.9 Å². The van der Waals surface area contributed by atoms with Crippen LogP contribution < -0.4 is 10.5 Å². The largest absolute Gasteiger partial charge is 0.478 e. The zero-order valence-corrected chi connectivity index (χ0v) is 16.1. The van der Waals surface area contributed by atoms with Gasteiger partial charge in [-0.1, -0.05) is 24.3 Å². The number of halogens is 3. The van der Waals surface area contributed by atoms with Gasteiger partial charge in [0.2, 0.25) is 5.88 Å². The summed E-state index contributed by atoms with van der Waals surface area (Å²) in [5, 5.41) is 21.1. The zero-order valence-electron chi connectivity index (χ0n) is 16.1. The number of rotatable bonds is 5. The summed E-state index contributed by atoms with van der Waals surface area (Å²) >= 11 is 0. The molecule has 2 aromatic carbocycles. The number of nitrogen functional groups attached to an aromatic ring is 1. The molecule has 1 heterocycles. The van der Waals surface area contributed by atoms with Crippen molar-refractivity contribution in [2.45, 2.75) is 13.1 Å². The van der Waals surface area contributed by atoms with Crippen molar-refractivity contribution in [1.29, 1.82) is 0 Å². The minimum Gasteiger partial charge on any atom is -0.478 e. The van der Waals surface area contributed by atoms with Crippen molar-refractivity contribution < 1.29 is 37.7 Å². The van der Waals surface area contributed by atoms with E-state index in [9.17, 15) is 22.8 Å². The first-order valence-corrected chi connectivity index (χ1v) is 8.65. The Hall–Kier alpha value is -4.02. The number of alkyl halides is 3. The van der Waals surface area contributed by atoms with E-state index in [0.717, 1.165) is 6.07 Å². The maximum Gasteiger partial charge on any atom is 0.422 e. The minimum atomic E-state index is -4.40. The summed E-state index contributed by atoms with van der Waals surface area (Å²) in [6.07, 6.45) is -4.40. The number of carboxylic acids is 2. The van der Waals surface area contributed by atoms with Crippen molar-refractivity contribution in [2.24, 2.45) is 0 Å². The summed E-state index contributed by atoms with van der Waals surface area (Å²) in [5.41, 5.74) is 6.87. The zero-order chi connectivity index (χ0) is 23.2.